The number of para-hydroxylation sites is 2. The Labute approximate surface area is 108 Å². The summed E-state index contributed by atoms with van der Waals surface area (Å²) in [4.78, 5) is 7.37. The minimum Gasteiger partial charge on any atom is -0.340 e. The van der Waals surface area contributed by atoms with E-state index in [1.54, 1.807) is 6.92 Å². The van der Waals surface area contributed by atoms with Gasteiger partial charge in [-0.3, -0.25) is 0 Å². The second-order valence-corrected chi connectivity index (χ2v) is 4.47. The van der Waals surface area contributed by atoms with Gasteiger partial charge in [-0.2, -0.15) is 4.98 Å². The monoisotopic (exact) mass is 260 g/mol. The molecule has 0 spiro atoms. The summed E-state index contributed by atoms with van der Waals surface area (Å²) in [6.07, 6.45) is 0.702. The molecule has 0 amide bonds. The van der Waals surface area contributed by atoms with E-state index in [1.807, 2.05) is 24.3 Å². The molecule has 3 aromatic rings. The third-order valence-corrected chi connectivity index (χ3v) is 3.13. The molecule has 5 nitrogen and oxygen atoms in total. The predicted octanol–water partition coefficient (Wildman–Crippen LogP) is 2.63. The fourth-order valence-electron chi connectivity index (χ4n) is 1.98. The molecule has 0 atom stereocenters. The maximum absolute atomic E-state index is 5.32. The first-order valence-corrected chi connectivity index (χ1v) is 6.11. The van der Waals surface area contributed by atoms with Crippen LogP contribution >= 0.6 is 12.2 Å². The summed E-state index contributed by atoms with van der Waals surface area (Å²) in [5.41, 5.74) is 2.15. The van der Waals surface area contributed by atoms with Crippen molar-refractivity contribution in [2.45, 2.75) is 19.9 Å². The number of aryl methyl sites for hydroxylation is 3. The number of nitrogens with zero attached hydrogens (tertiary/aromatic N) is 3. The number of imidazole rings is 1. The van der Waals surface area contributed by atoms with Gasteiger partial charge in [0.25, 0.3) is 0 Å². The largest absolute Gasteiger partial charge is 0.340 e. The van der Waals surface area contributed by atoms with Crippen LogP contribution in [0.1, 0.15) is 11.7 Å². The molecule has 0 saturated carbocycles. The Kier molecular flexibility index (Phi) is 2.71. The lowest BCUT2D eigenvalue weighted by Crippen LogP contribution is -2.02. The van der Waals surface area contributed by atoms with Crippen molar-refractivity contribution < 1.29 is 4.52 Å². The molecule has 92 valence electrons. The average Bonchev–Trinajstić information content (AvgIpc) is 2.90. The molecule has 0 aliphatic heterocycles. The molecule has 0 bridgehead atoms. The molecule has 6 heteroatoms. The van der Waals surface area contributed by atoms with Crippen LogP contribution in [0.3, 0.4) is 0 Å². The van der Waals surface area contributed by atoms with E-state index in [0.29, 0.717) is 18.1 Å². The molecule has 2 aromatic heterocycles. The van der Waals surface area contributed by atoms with Gasteiger partial charge < -0.3 is 14.1 Å². The highest BCUT2D eigenvalue weighted by Crippen LogP contribution is 2.14. The van der Waals surface area contributed by atoms with E-state index < -0.39 is 0 Å². The first-order valence-electron chi connectivity index (χ1n) is 5.71. The standard InChI is InChI=1S/C12H12N4OS/c1-8-13-11(15-17-8)6-7-16-10-5-3-2-4-9(10)14-12(16)18/h2-5H,6-7H2,1H3,(H,14,18). The quantitative estimate of drug-likeness (QED) is 0.735. The number of fused-ring (bicyclic) bond motifs is 1. The van der Waals surface area contributed by atoms with Crippen molar-refractivity contribution >= 4 is 23.3 Å². The predicted molar refractivity (Wildman–Crippen MR) is 69.9 cm³/mol. The van der Waals surface area contributed by atoms with Crippen molar-refractivity contribution in [2.24, 2.45) is 0 Å². The van der Waals surface area contributed by atoms with Crippen molar-refractivity contribution in [1.82, 2.24) is 19.7 Å². The number of nitrogens with one attached hydrogen (secondary N) is 1. The summed E-state index contributed by atoms with van der Waals surface area (Å²) < 4.78 is 7.72. The van der Waals surface area contributed by atoms with Crippen LogP contribution < -0.4 is 0 Å². The van der Waals surface area contributed by atoms with Gasteiger partial charge >= 0.3 is 0 Å². The fourth-order valence-corrected chi connectivity index (χ4v) is 2.28. The first-order chi connectivity index (χ1) is 8.74. The molecule has 0 fully saturated rings. The summed E-state index contributed by atoms with van der Waals surface area (Å²) >= 11 is 5.32. The van der Waals surface area contributed by atoms with Crippen LogP contribution in [0.2, 0.25) is 0 Å². The minimum absolute atomic E-state index is 0.590. The number of aromatic nitrogens is 4. The third-order valence-electron chi connectivity index (χ3n) is 2.81. The summed E-state index contributed by atoms with van der Waals surface area (Å²) in [6, 6.07) is 8.05. The maximum Gasteiger partial charge on any atom is 0.223 e. The van der Waals surface area contributed by atoms with Gasteiger partial charge in [0.2, 0.25) is 5.89 Å². The molecule has 3 rings (SSSR count). The van der Waals surface area contributed by atoms with Crippen molar-refractivity contribution in [1.29, 1.82) is 0 Å². The van der Waals surface area contributed by atoms with Crippen LogP contribution in [0.4, 0.5) is 0 Å². The summed E-state index contributed by atoms with van der Waals surface area (Å²) in [5, 5.41) is 3.88. The molecule has 0 radical (unpaired) electrons. The van der Waals surface area contributed by atoms with E-state index >= 15 is 0 Å². The fraction of sp³-hybridized carbons (Fsp3) is 0.250. The Balaban J connectivity index is 1.90. The highest BCUT2D eigenvalue weighted by Gasteiger charge is 2.06. The Bertz CT molecular complexity index is 740. The molecule has 0 aliphatic rings. The second-order valence-electron chi connectivity index (χ2n) is 4.08. The third kappa shape index (κ3) is 1.95. The zero-order valence-electron chi connectivity index (χ0n) is 9.88. The molecule has 0 unspecified atom stereocenters. The van der Waals surface area contributed by atoms with Gasteiger partial charge in [0, 0.05) is 19.9 Å². The lowest BCUT2D eigenvalue weighted by atomic mass is 10.3. The van der Waals surface area contributed by atoms with Crippen molar-refractivity contribution in [2.75, 3.05) is 0 Å². The van der Waals surface area contributed by atoms with Crippen LogP contribution in [0, 0.1) is 11.7 Å². The van der Waals surface area contributed by atoms with E-state index in [-0.39, 0.29) is 0 Å². The van der Waals surface area contributed by atoms with Gasteiger partial charge in [-0.1, -0.05) is 17.3 Å². The van der Waals surface area contributed by atoms with Gasteiger partial charge in [0.15, 0.2) is 10.6 Å². The average molecular weight is 260 g/mol. The van der Waals surface area contributed by atoms with Gasteiger partial charge in [-0.25, -0.2) is 0 Å². The van der Waals surface area contributed by atoms with Gasteiger partial charge in [0.1, 0.15) is 0 Å². The number of aromatic amines is 1. The zero-order valence-corrected chi connectivity index (χ0v) is 10.7. The highest BCUT2D eigenvalue weighted by atomic mass is 32.1. The SMILES string of the molecule is Cc1nc(CCn2c(=S)[nH]c3ccccc32)no1. The van der Waals surface area contributed by atoms with E-state index in [0.717, 1.165) is 22.3 Å². The normalized spacial score (nSPS) is 11.2. The molecular formula is C12H12N4OS. The number of benzene rings is 1. The Morgan fingerprint density at radius 3 is 3.00 bits per heavy atom. The van der Waals surface area contributed by atoms with E-state index in [2.05, 4.69) is 19.7 Å². The van der Waals surface area contributed by atoms with E-state index in [4.69, 9.17) is 16.7 Å². The molecule has 0 aliphatic carbocycles. The molecule has 1 N–H and O–H groups in total. The van der Waals surface area contributed by atoms with Crippen molar-refractivity contribution in [3.63, 3.8) is 0 Å². The molecular weight excluding hydrogens is 248 g/mol. The van der Waals surface area contributed by atoms with Crippen molar-refractivity contribution in [3.8, 4) is 0 Å². The van der Waals surface area contributed by atoms with Gasteiger partial charge in [-0.15, -0.1) is 0 Å². The second kappa shape index (κ2) is 4.38. The maximum atomic E-state index is 5.32. The Morgan fingerprint density at radius 2 is 2.22 bits per heavy atom. The summed E-state index contributed by atoms with van der Waals surface area (Å²) in [7, 11) is 0. The van der Waals surface area contributed by atoms with Crippen LogP contribution in [0.15, 0.2) is 28.8 Å². The minimum atomic E-state index is 0.590. The van der Waals surface area contributed by atoms with Gasteiger partial charge in [-0.05, 0) is 24.4 Å². The molecule has 1 aromatic carbocycles. The molecule has 0 saturated heterocycles. The highest BCUT2D eigenvalue weighted by molar-refractivity contribution is 7.71. The lowest BCUT2D eigenvalue weighted by molar-refractivity contribution is 0.386. The van der Waals surface area contributed by atoms with Gasteiger partial charge in [0.05, 0.1) is 11.0 Å². The first kappa shape index (κ1) is 11.2. The Hall–Kier alpha value is -1.95. The number of rotatable bonds is 3. The van der Waals surface area contributed by atoms with Crippen LogP contribution in [-0.4, -0.2) is 19.7 Å². The molecule has 2 heterocycles. The Morgan fingerprint density at radius 1 is 1.39 bits per heavy atom. The number of H-pyrrole nitrogens is 1. The summed E-state index contributed by atoms with van der Waals surface area (Å²) in [6.45, 7) is 2.52. The molecule has 18 heavy (non-hydrogen) atoms. The zero-order chi connectivity index (χ0) is 12.5. The van der Waals surface area contributed by atoms with Crippen LogP contribution in [0.5, 0.6) is 0 Å². The summed E-state index contributed by atoms with van der Waals surface area (Å²) in [5.74, 6) is 1.30. The lowest BCUT2D eigenvalue weighted by Gasteiger charge is -2.01. The number of hydrogen-bond acceptors (Lipinski definition) is 4. The number of hydrogen-bond donors (Lipinski definition) is 1. The van der Waals surface area contributed by atoms with Crippen LogP contribution in [0.25, 0.3) is 11.0 Å². The van der Waals surface area contributed by atoms with Crippen LogP contribution in [-0.2, 0) is 13.0 Å². The van der Waals surface area contributed by atoms with E-state index in [9.17, 15) is 0 Å². The smallest absolute Gasteiger partial charge is 0.223 e. The van der Waals surface area contributed by atoms with E-state index in [1.165, 1.54) is 0 Å². The topological polar surface area (TPSA) is 59.6 Å². The van der Waals surface area contributed by atoms with Crippen molar-refractivity contribution in [3.05, 3.63) is 40.8 Å².